The zero-order valence-corrected chi connectivity index (χ0v) is 31.4. The third-order valence-corrected chi connectivity index (χ3v) is 12.6. The zero-order chi connectivity index (χ0) is 36.2. The number of rotatable bonds is 5. The molecule has 0 saturated carbocycles. The minimum atomic E-state index is 0.0485. The van der Waals surface area contributed by atoms with Crippen molar-refractivity contribution in [3.05, 3.63) is 189 Å². The number of aryl methyl sites for hydroxylation is 1. The van der Waals surface area contributed by atoms with Crippen molar-refractivity contribution in [1.29, 1.82) is 0 Å². The molecule has 6 aromatic rings. The molecule has 0 bridgehead atoms. The predicted octanol–water partition coefficient (Wildman–Crippen LogP) is 10.7. The van der Waals surface area contributed by atoms with Crippen molar-refractivity contribution in [1.82, 2.24) is 0 Å². The molecule has 10 rings (SSSR count). The first-order valence-corrected chi connectivity index (χ1v) is 20.0. The molecule has 260 valence electrons. The van der Waals surface area contributed by atoms with E-state index in [1.807, 2.05) is 0 Å². The van der Waals surface area contributed by atoms with E-state index in [9.17, 15) is 0 Å². The van der Waals surface area contributed by atoms with Crippen LogP contribution in [0.2, 0.25) is 0 Å². The maximum absolute atomic E-state index is 2.54. The maximum atomic E-state index is 2.54. The van der Waals surface area contributed by atoms with Crippen molar-refractivity contribution in [2.45, 2.75) is 52.4 Å². The molecule has 1 heteroatoms. The first kappa shape index (κ1) is 33.0. The largest absolute Gasteiger partial charge is 0.243 e. The number of hydrogen-bond donors (Lipinski definition) is 0. The molecule has 1 atom stereocenters. The lowest BCUT2D eigenvalue weighted by Gasteiger charge is -2.28. The number of hydrogen-bond acceptors (Lipinski definition) is 0. The average Bonchev–Trinajstić information content (AvgIpc) is 3.38. The molecule has 0 saturated heterocycles. The van der Waals surface area contributed by atoms with E-state index >= 15 is 0 Å². The Balaban J connectivity index is 1.24. The third-order valence-electron chi connectivity index (χ3n) is 12.6. The molecule has 0 radical (unpaired) electrons. The first-order chi connectivity index (χ1) is 26.6. The van der Waals surface area contributed by atoms with Crippen molar-refractivity contribution in [3.63, 3.8) is 0 Å². The molecule has 1 unspecified atom stereocenters. The van der Waals surface area contributed by atoms with Gasteiger partial charge in [0.15, 0.2) is 0 Å². The van der Waals surface area contributed by atoms with Crippen LogP contribution in [0.4, 0.5) is 0 Å². The molecule has 0 aromatic heterocycles. The van der Waals surface area contributed by atoms with Gasteiger partial charge in [0.2, 0.25) is 6.71 Å². The van der Waals surface area contributed by atoms with Crippen LogP contribution in [0.25, 0.3) is 55.9 Å². The minimum absolute atomic E-state index is 0.0485. The molecule has 4 aliphatic rings. The van der Waals surface area contributed by atoms with Crippen LogP contribution >= 0.6 is 0 Å². The average molecular weight is 693 g/mol. The Morgan fingerprint density at radius 1 is 0.667 bits per heavy atom. The van der Waals surface area contributed by atoms with Gasteiger partial charge < -0.3 is 0 Å². The fourth-order valence-corrected chi connectivity index (χ4v) is 10.1. The molecule has 6 aromatic carbocycles. The highest BCUT2D eigenvalue weighted by atomic mass is 14.3. The predicted molar refractivity (Wildman–Crippen MR) is 235 cm³/mol. The van der Waals surface area contributed by atoms with E-state index in [1.165, 1.54) is 111 Å². The van der Waals surface area contributed by atoms with Crippen LogP contribution in [0, 0.1) is 12.8 Å². The second-order valence-corrected chi connectivity index (χ2v) is 15.7. The number of allylic oxidation sites excluding steroid dienone is 9. The van der Waals surface area contributed by atoms with Crippen molar-refractivity contribution < 1.29 is 0 Å². The van der Waals surface area contributed by atoms with Crippen LogP contribution in [-0.2, 0) is 6.42 Å². The molecule has 0 aliphatic heterocycles. The molecule has 4 aliphatic carbocycles. The van der Waals surface area contributed by atoms with E-state index in [2.05, 4.69) is 172 Å². The van der Waals surface area contributed by atoms with Gasteiger partial charge in [-0.15, -0.1) is 0 Å². The Labute approximate surface area is 320 Å². The standard InChI is InChI=1S/C53H45B/c1-35-15-13-20-38-17-5-7-23-44(38)52(35)54(53-36(2)29-30-39-18-6-8-24-45(39)53)43-22-14-21-41(34-43)50-46-25-9-11-27-48(46)51(49-28-12-10-26-47(49)50)42-32-31-37-16-3-4-19-40(37)33-42/h4-11,14-15,17-27,29-30,32-34,37H,3,12-13,16,28,31H2,1-2H3. The summed E-state index contributed by atoms with van der Waals surface area (Å²) in [6.45, 7) is 4.68. The van der Waals surface area contributed by atoms with Gasteiger partial charge in [0.25, 0.3) is 0 Å². The Hall–Kier alpha value is -5.66. The van der Waals surface area contributed by atoms with Gasteiger partial charge in [-0.05, 0) is 129 Å². The minimum Gasteiger partial charge on any atom is -0.0842 e. The summed E-state index contributed by atoms with van der Waals surface area (Å²) in [5.41, 5.74) is 16.7. The smallest absolute Gasteiger partial charge is 0.0842 e. The SMILES string of the molecule is CC1=CCC=c2ccccc2=C1B(c1cccc(-c2c3c(c(C4=CCC5CCC=CC5=C4)c4ccccc24)CCC=C3)c1)c1c(C)ccc2ccccc12. The summed E-state index contributed by atoms with van der Waals surface area (Å²) in [6, 6.07) is 41.4. The summed E-state index contributed by atoms with van der Waals surface area (Å²) in [6.07, 6.45) is 26.1. The van der Waals surface area contributed by atoms with Crippen molar-refractivity contribution in [2.24, 2.45) is 5.92 Å². The van der Waals surface area contributed by atoms with Gasteiger partial charge in [0.1, 0.15) is 0 Å². The van der Waals surface area contributed by atoms with Gasteiger partial charge in [-0.1, -0.05) is 185 Å². The topological polar surface area (TPSA) is 0 Å². The summed E-state index contributed by atoms with van der Waals surface area (Å²) < 4.78 is 0. The lowest BCUT2D eigenvalue weighted by molar-refractivity contribution is 0.567. The monoisotopic (exact) mass is 692 g/mol. The van der Waals surface area contributed by atoms with E-state index in [0.717, 1.165) is 25.7 Å². The summed E-state index contributed by atoms with van der Waals surface area (Å²) in [5.74, 6) is 0.663. The van der Waals surface area contributed by atoms with Crippen molar-refractivity contribution in [2.75, 3.05) is 0 Å². The Bertz CT molecular complexity index is 2800. The van der Waals surface area contributed by atoms with Gasteiger partial charge in [-0.25, -0.2) is 0 Å². The molecular formula is C53H45B. The van der Waals surface area contributed by atoms with Crippen LogP contribution in [0.3, 0.4) is 0 Å². The van der Waals surface area contributed by atoms with Crippen LogP contribution in [0.15, 0.2) is 157 Å². The molecule has 54 heavy (non-hydrogen) atoms. The van der Waals surface area contributed by atoms with Crippen LogP contribution in [0.5, 0.6) is 0 Å². The van der Waals surface area contributed by atoms with E-state index in [1.54, 1.807) is 0 Å². The van der Waals surface area contributed by atoms with Crippen molar-refractivity contribution in [3.8, 4) is 11.1 Å². The normalized spacial score (nSPS) is 17.5. The van der Waals surface area contributed by atoms with Gasteiger partial charge in [0.05, 0.1) is 0 Å². The maximum Gasteiger partial charge on any atom is 0.243 e. The molecule has 0 spiro atoms. The van der Waals surface area contributed by atoms with Gasteiger partial charge in [0, 0.05) is 0 Å². The molecule has 0 amide bonds. The lowest BCUT2D eigenvalue weighted by Crippen LogP contribution is -2.49. The molecular weight excluding hydrogens is 647 g/mol. The highest BCUT2D eigenvalue weighted by molar-refractivity contribution is 7.01. The lowest BCUT2D eigenvalue weighted by atomic mass is 9.33. The van der Waals surface area contributed by atoms with Gasteiger partial charge in [-0.3, -0.25) is 0 Å². The van der Waals surface area contributed by atoms with E-state index in [0.29, 0.717) is 5.92 Å². The quantitative estimate of drug-likeness (QED) is 0.158. The molecule has 0 nitrogen and oxygen atoms in total. The molecule has 0 heterocycles. The number of fused-ring (bicyclic) bond motifs is 5. The highest BCUT2D eigenvalue weighted by Gasteiger charge is 2.31. The van der Waals surface area contributed by atoms with E-state index in [4.69, 9.17) is 0 Å². The summed E-state index contributed by atoms with van der Waals surface area (Å²) >= 11 is 0. The second-order valence-electron chi connectivity index (χ2n) is 15.7. The zero-order valence-electron chi connectivity index (χ0n) is 31.4. The summed E-state index contributed by atoms with van der Waals surface area (Å²) in [4.78, 5) is 0. The summed E-state index contributed by atoms with van der Waals surface area (Å²) in [5, 5.41) is 7.99. The summed E-state index contributed by atoms with van der Waals surface area (Å²) in [7, 11) is 0. The Morgan fingerprint density at radius 3 is 2.37 bits per heavy atom. The Kier molecular flexibility index (Phi) is 8.32. The van der Waals surface area contributed by atoms with E-state index < -0.39 is 0 Å². The second kappa shape index (κ2) is 13.6. The van der Waals surface area contributed by atoms with Crippen molar-refractivity contribution >= 4 is 62.4 Å². The molecule has 0 N–H and O–H groups in total. The first-order valence-electron chi connectivity index (χ1n) is 20.0. The highest BCUT2D eigenvalue weighted by Crippen LogP contribution is 2.45. The van der Waals surface area contributed by atoms with Gasteiger partial charge in [-0.2, -0.15) is 0 Å². The molecule has 0 fully saturated rings. The fourth-order valence-electron chi connectivity index (χ4n) is 10.1. The third kappa shape index (κ3) is 5.52. The van der Waals surface area contributed by atoms with Crippen LogP contribution in [-0.4, -0.2) is 6.71 Å². The Morgan fingerprint density at radius 2 is 1.46 bits per heavy atom. The van der Waals surface area contributed by atoms with Gasteiger partial charge >= 0.3 is 0 Å². The van der Waals surface area contributed by atoms with E-state index in [-0.39, 0.29) is 6.71 Å². The van der Waals surface area contributed by atoms with Crippen LogP contribution < -0.4 is 21.4 Å². The number of benzene rings is 6. The van der Waals surface area contributed by atoms with Crippen LogP contribution in [0.1, 0.15) is 61.3 Å². The fraction of sp³-hybridized carbons (Fsp3) is 0.170.